The Balaban J connectivity index is 2.48. The zero-order valence-electron chi connectivity index (χ0n) is 12.7. The lowest BCUT2D eigenvalue weighted by Gasteiger charge is -2.13. The number of hydrogen-bond donors (Lipinski definition) is 2. The number of aromatic carboxylic acids is 1. The summed E-state index contributed by atoms with van der Waals surface area (Å²) in [6, 6.07) is 4.99. The van der Waals surface area contributed by atoms with E-state index >= 15 is 0 Å². The molecule has 1 aromatic heterocycles. The van der Waals surface area contributed by atoms with E-state index in [9.17, 15) is 9.90 Å². The van der Waals surface area contributed by atoms with E-state index in [2.05, 4.69) is 18.8 Å². The van der Waals surface area contributed by atoms with Crippen molar-refractivity contribution < 1.29 is 15.0 Å². The molecule has 1 unspecified atom stereocenters. The monoisotopic (exact) mass is 290 g/mol. The second kappa shape index (κ2) is 6.26. The minimum absolute atomic E-state index is 0.240. The van der Waals surface area contributed by atoms with Gasteiger partial charge in [-0.15, -0.1) is 0 Å². The molecule has 2 aromatic rings. The number of carboxylic acids is 1. The Morgan fingerprint density at radius 2 is 2.10 bits per heavy atom. The molecule has 5 heteroatoms. The van der Waals surface area contributed by atoms with Crippen molar-refractivity contribution in [1.29, 1.82) is 0 Å². The van der Waals surface area contributed by atoms with Gasteiger partial charge in [0.25, 0.3) is 0 Å². The Morgan fingerprint density at radius 3 is 2.67 bits per heavy atom. The number of aliphatic hydroxyl groups excluding tert-OH is 1. The number of carboxylic acid groups (broad SMARTS) is 1. The van der Waals surface area contributed by atoms with Gasteiger partial charge in [-0.05, 0) is 31.0 Å². The second-order valence-corrected chi connectivity index (χ2v) is 5.64. The Bertz CT molecular complexity index is 646. The van der Waals surface area contributed by atoms with Crippen LogP contribution in [0.4, 0.5) is 0 Å². The third kappa shape index (κ3) is 3.24. The van der Waals surface area contributed by atoms with Crippen LogP contribution in [-0.4, -0.2) is 31.8 Å². The molecule has 1 atom stereocenters. The third-order valence-corrected chi connectivity index (χ3v) is 3.70. The molecule has 2 N–H and O–H groups in total. The van der Waals surface area contributed by atoms with Crippen LogP contribution in [0.2, 0.25) is 0 Å². The van der Waals surface area contributed by atoms with Crippen LogP contribution >= 0.6 is 0 Å². The first-order valence-electron chi connectivity index (χ1n) is 7.35. The number of aliphatic hydroxyl groups is 1. The van der Waals surface area contributed by atoms with E-state index < -0.39 is 5.97 Å². The number of imidazole rings is 1. The lowest BCUT2D eigenvalue weighted by Crippen LogP contribution is -2.12. The minimum atomic E-state index is -0.940. The number of rotatable bonds is 6. The molecular formula is C16H22N2O3. The fourth-order valence-electron chi connectivity index (χ4n) is 2.43. The first kappa shape index (κ1) is 15.5. The maximum absolute atomic E-state index is 11.1. The van der Waals surface area contributed by atoms with E-state index in [1.165, 1.54) is 0 Å². The van der Waals surface area contributed by atoms with Crippen molar-refractivity contribution in [1.82, 2.24) is 9.55 Å². The molecule has 2 rings (SSSR count). The van der Waals surface area contributed by atoms with E-state index in [1.807, 2.05) is 11.5 Å². The van der Waals surface area contributed by atoms with E-state index in [0.29, 0.717) is 19.4 Å². The van der Waals surface area contributed by atoms with Crippen LogP contribution in [0.3, 0.4) is 0 Å². The van der Waals surface area contributed by atoms with Crippen LogP contribution in [-0.2, 0) is 6.54 Å². The van der Waals surface area contributed by atoms with Crippen LogP contribution in [0.25, 0.3) is 11.0 Å². The normalized spacial score (nSPS) is 13.0. The Morgan fingerprint density at radius 1 is 1.38 bits per heavy atom. The summed E-state index contributed by atoms with van der Waals surface area (Å²) < 4.78 is 2.03. The summed E-state index contributed by atoms with van der Waals surface area (Å²) in [5.74, 6) is 0.227. The molecule has 0 spiro atoms. The van der Waals surface area contributed by atoms with Crippen LogP contribution in [0, 0.1) is 0 Å². The summed E-state index contributed by atoms with van der Waals surface area (Å²) in [5.41, 5.74) is 1.88. The summed E-state index contributed by atoms with van der Waals surface area (Å²) in [6.45, 7) is 6.71. The van der Waals surface area contributed by atoms with Gasteiger partial charge in [0.05, 0.1) is 22.7 Å². The van der Waals surface area contributed by atoms with Gasteiger partial charge in [-0.25, -0.2) is 9.78 Å². The van der Waals surface area contributed by atoms with Gasteiger partial charge in [0.1, 0.15) is 5.82 Å². The topological polar surface area (TPSA) is 75.3 Å². The molecule has 0 radical (unpaired) electrons. The zero-order valence-corrected chi connectivity index (χ0v) is 12.7. The molecule has 0 aliphatic carbocycles. The predicted molar refractivity (Wildman–Crippen MR) is 81.7 cm³/mol. The van der Waals surface area contributed by atoms with Crippen LogP contribution in [0.5, 0.6) is 0 Å². The van der Waals surface area contributed by atoms with Gasteiger partial charge < -0.3 is 14.8 Å². The molecule has 0 saturated heterocycles. The first-order valence-corrected chi connectivity index (χ1v) is 7.35. The average molecular weight is 290 g/mol. The molecule has 0 aliphatic rings. The van der Waals surface area contributed by atoms with Gasteiger partial charge in [0.15, 0.2) is 0 Å². The smallest absolute Gasteiger partial charge is 0.335 e. The second-order valence-electron chi connectivity index (χ2n) is 5.64. The quantitative estimate of drug-likeness (QED) is 0.857. The third-order valence-electron chi connectivity index (χ3n) is 3.70. The Labute approximate surface area is 124 Å². The predicted octanol–water partition coefficient (Wildman–Crippen LogP) is 3.02. The van der Waals surface area contributed by atoms with Crippen LogP contribution in [0.15, 0.2) is 18.2 Å². The van der Waals surface area contributed by atoms with Gasteiger partial charge in [0, 0.05) is 12.5 Å². The summed E-state index contributed by atoms with van der Waals surface area (Å²) in [5, 5.41) is 18.9. The van der Waals surface area contributed by atoms with Gasteiger partial charge >= 0.3 is 5.97 Å². The SMILES string of the molecule is CCC(O)CCn1c(C(C)C)nc2ccc(C(=O)O)cc21. The molecule has 21 heavy (non-hydrogen) atoms. The molecular weight excluding hydrogens is 268 g/mol. The number of benzene rings is 1. The minimum Gasteiger partial charge on any atom is -0.478 e. The van der Waals surface area contributed by atoms with Crippen molar-refractivity contribution in [3.05, 3.63) is 29.6 Å². The summed E-state index contributed by atoms with van der Waals surface area (Å²) in [4.78, 5) is 15.7. The van der Waals surface area contributed by atoms with Crippen molar-refractivity contribution in [3.63, 3.8) is 0 Å². The van der Waals surface area contributed by atoms with E-state index in [1.54, 1.807) is 18.2 Å². The summed E-state index contributed by atoms with van der Waals surface area (Å²) in [7, 11) is 0. The number of aromatic nitrogens is 2. The van der Waals surface area contributed by atoms with Crippen molar-refractivity contribution >= 4 is 17.0 Å². The van der Waals surface area contributed by atoms with Crippen molar-refractivity contribution in [2.45, 2.75) is 52.2 Å². The Hall–Kier alpha value is -1.88. The number of fused-ring (bicyclic) bond motifs is 1. The van der Waals surface area contributed by atoms with Gasteiger partial charge in [-0.1, -0.05) is 20.8 Å². The van der Waals surface area contributed by atoms with Crippen LogP contribution in [0.1, 0.15) is 55.7 Å². The highest BCUT2D eigenvalue weighted by Gasteiger charge is 2.16. The summed E-state index contributed by atoms with van der Waals surface area (Å²) >= 11 is 0. The number of carbonyl (C=O) groups is 1. The molecule has 0 aliphatic heterocycles. The zero-order chi connectivity index (χ0) is 15.6. The lowest BCUT2D eigenvalue weighted by atomic mass is 10.1. The molecule has 0 amide bonds. The fraction of sp³-hybridized carbons (Fsp3) is 0.500. The van der Waals surface area contributed by atoms with E-state index in [4.69, 9.17) is 5.11 Å². The standard InChI is InChI=1S/C16H22N2O3/c1-4-12(19)7-8-18-14-9-11(16(20)21)5-6-13(14)17-15(18)10(2)3/h5-6,9-10,12,19H,4,7-8H2,1-3H3,(H,20,21). The van der Waals surface area contributed by atoms with Crippen molar-refractivity contribution in [2.75, 3.05) is 0 Å². The average Bonchev–Trinajstić information content (AvgIpc) is 2.82. The Kier molecular flexibility index (Phi) is 4.63. The number of nitrogens with zero attached hydrogens (tertiary/aromatic N) is 2. The fourth-order valence-corrected chi connectivity index (χ4v) is 2.43. The van der Waals surface area contributed by atoms with Gasteiger partial charge in [-0.2, -0.15) is 0 Å². The lowest BCUT2D eigenvalue weighted by molar-refractivity contribution is 0.0697. The first-order chi connectivity index (χ1) is 9.93. The highest BCUT2D eigenvalue weighted by atomic mass is 16.4. The molecule has 1 aromatic carbocycles. The van der Waals surface area contributed by atoms with E-state index in [0.717, 1.165) is 16.9 Å². The van der Waals surface area contributed by atoms with E-state index in [-0.39, 0.29) is 17.6 Å². The van der Waals surface area contributed by atoms with Crippen molar-refractivity contribution in [2.24, 2.45) is 0 Å². The van der Waals surface area contributed by atoms with Gasteiger partial charge in [-0.3, -0.25) is 0 Å². The highest BCUT2D eigenvalue weighted by Crippen LogP contribution is 2.24. The molecule has 0 saturated carbocycles. The number of hydrogen-bond acceptors (Lipinski definition) is 3. The maximum atomic E-state index is 11.1. The molecule has 1 heterocycles. The molecule has 114 valence electrons. The molecule has 0 bridgehead atoms. The number of aryl methyl sites for hydroxylation is 1. The molecule has 5 nitrogen and oxygen atoms in total. The largest absolute Gasteiger partial charge is 0.478 e. The highest BCUT2D eigenvalue weighted by molar-refractivity contribution is 5.92. The summed E-state index contributed by atoms with van der Waals surface area (Å²) in [6.07, 6.45) is 1.01. The maximum Gasteiger partial charge on any atom is 0.335 e. The molecule has 0 fully saturated rings. The van der Waals surface area contributed by atoms with Crippen molar-refractivity contribution in [3.8, 4) is 0 Å². The van der Waals surface area contributed by atoms with Gasteiger partial charge in [0.2, 0.25) is 0 Å². The van der Waals surface area contributed by atoms with Crippen LogP contribution < -0.4 is 0 Å².